The second-order valence-corrected chi connectivity index (χ2v) is 4.65. The van der Waals surface area contributed by atoms with Gasteiger partial charge in [0.2, 0.25) is 5.91 Å². The molecule has 3 atom stereocenters. The molecule has 0 aromatic rings. The van der Waals surface area contributed by atoms with Gasteiger partial charge in [0.05, 0.1) is 12.1 Å². The summed E-state index contributed by atoms with van der Waals surface area (Å²) in [7, 11) is 1.65. The second-order valence-electron chi connectivity index (χ2n) is 4.65. The molecule has 3 unspecified atom stereocenters. The van der Waals surface area contributed by atoms with Gasteiger partial charge in [-0.15, -0.1) is 0 Å². The first-order chi connectivity index (χ1) is 8.13. The third kappa shape index (κ3) is 5.48. The molecular weight excluding hydrogens is 220 g/mol. The molecule has 0 aromatic heterocycles. The maximum Gasteiger partial charge on any atom is 0.237 e. The molecule has 17 heavy (non-hydrogen) atoms. The van der Waals surface area contributed by atoms with Crippen molar-refractivity contribution in [2.24, 2.45) is 5.73 Å². The Morgan fingerprint density at radius 1 is 1.65 bits per heavy atom. The molecule has 5 nitrogen and oxygen atoms in total. The number of nitrogens with two attached hydrogens (primary N) is 1. The number of carbonyl (C=O) groups excluding carboxylic acids is 1. The molecule has 1 fully saturated rings. The molecule has 1 amide bonds. The number of ether oxygens (including phenoxy) is 2. The van der Waals surface area contributed by atoms with Crippen LogP contribution in [0.25, 0.3) is 0 Å². The summed E-state index contributed by atoms with van der Waals surface area (Å²) in [6, 6.07) is -0.219. The van der Waals surface area contributed by atoms with Gasteiger partial charge in [0.25, 0.3) is 0 Å². The highest BCUT2D eigenvalue weighted by molar-refractivity contribution is 5.81. The maximum atomic E-state index is 11.8. The topological polar surface area (TPSA) is 73.6 Å². The minimum absolute atomic E-state index is 0.0554. The highest BCUT2D eigenvalue weighted by atomic mass is 16.5. The molecule has 1 aliphatic rings. The van der Waals surface area contributed by atoms with Gasteiger partial charge in [-0.3, -0.25) is 4.79 Å². The number of carbonyl (C=O) groups is 1. The number of rotatable bonds is 6. The lowest BCUT2D eigenvalue weighted by molar-refractivity contribution is -0.124. The van der Waals surface area contributed by atoms with E-state index in [0.29, 0.717) is 19.6 Å². The molecule has 5 heteroatoms. The van der Waals surface area contributed by atoms with Crippen LogP contribution in [-0.2, 0) is 14.3 Å². The molecule has 1 saturated heterocycles. The monoisotopic (exact) mass is 244 g/mol. The van der Waals surface area contributed by atoms with Crippen LogP contribution in [0.5, 0.6) is 0 Å². The number of hydrogen-bond donors (Lipinski definition) is 2. The van der Waals surface area contributed by atoms with Crippen molar-refractivity contribution < 1.29 is 14.3 Å². The van der Waals surface area contributed by atoms with Gasteiger partial charge in [-0.2, -0.15) is 0 Å². The van der Waals surface area contributed by atoms with Crippen molar-refractivity contribution in [3.05, 3.63) is 0 Å². The van der Waals surface area contributed by atoms with Crippen LogP contribution in [0.3, 0.4) is 0 Å². The quantitative estimate of drug-likeness (QED) is 0.664. The Balaban J connectivity index is 2.22. The zero-order valence-corrected chi connectivity index (χ0v) is 10.8. The molecule has 100 valence electrons. The second kappa shape index (κ2) is 7.63. The SMILES string of the molecule is COCCCC(N)C(=O)NC1CCOC(C)C1. The normalized spacial score (nSPS) is 26.5. The van der Waals surface area contributed by atoms with Crippen LogP contribution in [0.4, 0.5) is 0 Å². The van der Waals surface area contributed by atoms with Crippen molar-refractivity contribution in [2.75, 3.05) is 20.3 Å². The number of methoxy groups -OCH3 is 1. The molecule has 3 N–H and O–H groups in total. The van der Waals surface area contributed by atoms with Crippen molar-refractivity contribution in [3.63, 3.8) is 0 Å². The Morgan fingerprint density at radius 2 is 2.41 bits per heavy atom. The molecule has 1 aliphatic heterocycles. The summed E-state index contributed by atoms with van der Waals surface area (Å²) in [5.74, 6) is -0.0554. The smallest absolute Gasteiger partial charge is 0.237 e. The largest absolute Gasteiger partial charge is 0.385 e. The van der Waals surface area contributed by atoms with Gasteiger partial charge in [0.1, 0.15) is 0 Å². The molecule has 0 spiro atoms. The molecule has 0 radical (unpaired) electrons. The molecule has 0 aliphatic carbocycles. The summed E-state index contributed by atoms with van der Waals surface area (Å²) in [4.78, 5) is 11.8. The van der Waals surface area contributed by atoms with Crippen LogP contribution in [0.15, 0.2) is 0 Å². The highest BCUT2D eigenvalue weighted by Gasteiger charge is 2.23. The van der Waals surface area contributed by atoms with Gasteiger partial charge >= 0.3 is 0 Å². The third-order valence-corrected chi connectivity index (χ3v) is 3.03. The van der Waals surface area contributed by atoms with E-state index >= 15 is 0 Å². The molecule has 1 heterocycles. The van der Waals surface area contributed by atoms with Crippen molar-refractivity contribution in [3.8, 4) is 0 Å². The van der Waals surface area contributed by atoms with Crippen LogP contribution >= 0.6 is 0 Å². The molecule has 0 aromatic carbocycles. The molecule has 0 bridgehead atoms. The fourth-order valence-electron chi connectivity index (χ4n) is 2.02. The van der Waals surface area contributed by atoms with Crippen LogP contribution in [-0.4, -0.2) is 44.4 Å². The van der Waals surface area contributed by atoms with E-state index in [1.807, 2.05) is 6.92 Å². The summed E-state index contributed by atoms with van der Waals surface area (Å²) in [6.45, 7) is 3.39. The summed E-state index contributed by atoms with van der Waals surface area (Å²) in [5, 5.41) is 2.99. The first kappa shape index (κ1) is 14.4. The number of nitrogens with one attached hydrogen (secondary N) is 1. The van der Waals surface area contributed by atoms with E-state index in [4.69, 9.17) is 15.2 Å². The van der Waals surface area contributed by atoms with Gasteiger partial charge in [0.15, 0.2) is 0 Å². The van der Waals surface area contributed by atoms with Crippen LogP contribution in [0.2, 0.25) is 0 Å². The van der Waals surface area contributed by atoms with Crippen molar-refractivity contribution in [2.45, 2.75) is 50.8 Å². The first-order valence-corrected chi connectivity index (χ1v) is 6.30. The van der Waals surface area contributed by atoms with Gasteiger partial charge in [0, 0.05) is 26.4 Å². The Morgan fingerprint density at radius 3 is 3.06 bits per heavy atom. The lowest BCUT2D eigenvalue weighted by Gasteiger charge is -2.28. The lowest BCUT2D eigenvalue weighted by Crippen LogP contribution is -2.48. The van der Waals surface area contributed by atoms with Crippen LogP contribution < -0.4 is 11.1 Å². The van der Waals surface area contributed by atoms with E-state index in [1.54, 1.807) is 7.11 Å². The van der Waals surface area contributed by atoms with Crippen molar-refractivity contribution in [1.82, 2.24) is 5.32 Å². The minimum Gasteiger partial charge on any atom is -0.385 e. The third-order valence-electron chi connectivity index (χ3n) is 3.03. The van der Waals surface area contributed by atoms with E-state index in [2.05, 4.69) is 5.32 Å². The molecular formula is C12H24N2O3. The van der Waals surface area contributed by atoms with Gasteiger partial charge in [-0.25, -0.2) is 0 Å². The van der Waals surface area contributed by atoms with E-state index < -0.39 is 6.04 Å². The highest BCUT2D eigenvalue weighted by Crippen LogP contribution is 2.13. The Labute approximate surface area is 103 Å². The Hall–Kier alpha value is -0.650. The van der Waals surface area contributed by atoms with E-state index in [-0.39, 0.29) is 18.1 Å². The number of hydrogen-bond acceptors (Lipinski definition) is 4. The predicted octanol–water partition coefficient (Wildman–Crippen LogP) is 0.424. The zero-order chi connectivity index (χ0) is 12.7. The fraction of sp³-hybridized carbons (Fsp3) is 0.917. The summed E-state index contributed by atoms with van der Waals surface area (Å²) < 4.78 is 10.4. The summed E-state index contributed by atoms with van der Waals surface area (Å²) in [6.07, 6.45) is 3.45. The van der Waals surface area contributed by atoms with Crippen LogP contribution in [0.1, 0.15) is 32.6 Å². The maximum absolute atomic E-state index is 11.8. The van der Waals surface area contributed by atoms with E-state index in [1.165, 1.54) is 0 Å². The standard InChI is InChI=1S/C12H24N2O3/c1-9-8-10(5-7-17-9)14-12(15)11(13)4-3-6-16-2/h9-11H,3-8,13H2,1-2H3,(H,14,15). The average molecular weight is 244 g/mol. The number of amides is 1. The van der Waals surface area contributed by atoms with Crippen molar-refractivity contribution >= 4 is 5.91 Å². The Bertz CT molecular complexity index is 236. The zero-order valence-electron chi connectivity index (χ0n) is 10.8. The van der Waals surface area contributed by atoms with E-state index in [0.717, 1.165) is 19.3 Å². The minimum atomic E-state index is -0.427. The molecule has 0 saturated carbocycles. The average Bonchev–Trinajstić information content (AvgIpc) is 2.29. The van der Waals surface area contributed by atoms with E-state index in [9.17, 15) is 4.79 Å². The Kier molecular flexibility index (Phi) is 6.47. The van der Waals surface area contributed by atoms with Gasteiger partial charge in [-0.1, -0.05) is 0 Å². The summed E-state index contributed by atoms with van der Waals surface area (Å²) >= 11 is 0. The predicted molar refractivity (Wildman–Crippen MR) is 65.7 cm³/mol. The van der Waals surface area contributed by atoms with Gasteiger partial charge in [-0.05, 0) is 32.6 Å². The van der Waals surface area contributed by atoms with Crippen molar-refractivity contribution in [1.29, 1.82) is 0 Å². The first-order valence-electron chi connectivity index (χ1n) is 6.30. The van der Waals surface area contributed by atoms with Gasteiger partial charge < -0.3 is 20.5 Å². The fourth-order valence-corrected chi connectivity index (χ4v) is 2.02. The van der Waals surface area contributed by atoms with Crippen LogP contribution in [0, 0.1) is 0 Å². The summed E-state index contributed by atoms with van der Waals surface area (Å²) in [5.41, 5.74) is 5.81. The molecule has 1 rings (SSSR count). The lowest BCUT2D eigenvalue weighted by atomic mass is 10.0.